The van der Waals surface area contributed by atoms with Crippen molar-refractivity contribution >= 4 is 23.2 Å². The zero-order chi connectivity index (χ0) is 10.8. The number of fused-ring (bicyclic) bond motifs is 1. The Bertz CT molecular complexity index is 551. The molecular weight excluding hydrogens is 196 g/mol. The fourth-order valence-electron chi connectivity index (χ4n) is 1.28. The summed E-state index contributed by atoms with van der Waals surface area (Å²) in [7, 11) is 0. The van der Waals surface area contributed by atoms with Crippen molar-refractivity contribution in [1.82, 2.24) is 9.97 Å². The fraction of sp³-hybridized carbons (Fsp3) is 0. The number of carboxylic acid groups (broad SMARTS) is 1. The summed E-state index contributed by atoms with van der Waals surface area (Å²) in [4.78, 5) is 29.1. The van der Waals surface area contributed by atoms with Gasteiger partial charge in [0.1, 0.15) is 11.3 Å². The van der Waals surface area contributed by atoms with Crippen LogP contribution in [0.2, 0.25) is 0 Å². The van der Waals surface area contributed by atoms with Crippen LogP contribution in [0.4, 0.5) is 0 Å². The molecule has 0 aliphatic rings. The van der Waals surface area contributed by atoms with Gasteiger partial charge in [-0.05, 0) is 12.1 Å². The molecule has 1 N–H and O–H groups in total. The Morgan fingerprint density at radius 3 is 2.80 bits per heavy atom. The van der Waals surface area contributed by atoms with Crippen molar-refractivity contribution in [2.24, 2.45) is 0 Å². The minimum absolute atomic E-state index is 0.00352. The van der Waals surface area contributed by atoms with Crippen LogP contribution in [-0.4, -0.2) is 27.3 Å². The molecule has 15 heavy (non-hydrogen) atoms. The highest BCUT2D eigenvalue weighted by Crippen LogP contribution is 2.15. The van der Waals surface area contributed by atoms with E-state index in [2.05, 4.69) is 9.97 Å². The molecule has 0 fully saturated rings. The number of carboxylic acids is 1. The summed E-state index contributed by atoms with van der Waals surface area (Å²) in [6, 6.07) is 3.13. The van der Waals surface area contributed by atoms with E-state index in [1.54, 1.807) is 6.07 Å². The molecule has 2 aromatic heterocycles. The second-order valence-corrected chi connectivity index (χ2v) is 2.92. The van der Waals surface area contributed by atoms with Gasteiger partial charge in [0.05, 0.1) is 5.52 Å². The lowest BCUT2D eigenvalue weighted by Crippen LogP contribution is -2.01. The molecule has 0 aliphatic carbocycles. The van der Waals surface area contributed by atoms with E-state index in [4.69, 9.17) is 5.11 Å². The van der Waals surface area contributed by atoms with Crippen molar-refractivity contribution in [2.45, 2.75) is 0 Å². The number of carbonyl (C=O) groups excluding carboxylic acids is 1. The van der Waals surface area contributed by atoms with E-state index in [-0.39, 0.29) is 16.8 Å². The maximum absolute atomic E-state index is 10.8. The van der Waals surface area contributed by atoms with Gasteiger partial charge >= 0.3 is 5.97 Å². The van der Waals surface area contributed by atoms with Crippen LogP contribution < -0.4 is 0 Å². The van der Waals surface area contributed by atoms with Gasteiger partial charge in [-0.2, -0.15) is 0 Å². The van der Waals surface area contributed by atoms with Crippen molar-refractivity contribution in [3.63, 3.8) is 0 Å². The summed E-state index contributed by atoms with van der Waals surface area (Å²) in [6.45, 7) is 0. The van der Waals surface area contributed by atoms with Crippen LogP contribution in [0.15, 0.2) is 24.5 Å². The Morgan fingerprint density at radius 1 is 1.33 bits per heavy atom. The van der Waals surface area contributed by atoms with Gasteiger partial charge in [-0.15, -0.1) is 0 Å². The highest BCUT2D eigenvalue weighted by Gasteiger charge is 2.10. The molecule has 2 heterocycles. The SMILES string of the molecule is O=Cc1ccc2cncc(C(=O)O)c2n1. The molecular formula is C10H6N2O3. The average molecular weight is 202 g/mol. The maximum atomic E-state index is 10.8. The van der Waals surface area contributed by atoms with Crippen LogP contribution in [0.3, 0.4) is 0 Å². The molecule has 74 valence electrons. The topological polar surface area (TPSA) is 80.2 Å². The predicted octanol–water partition coefficient (Wildman–Crippen LogP) is 1.14. The second-order valence-electron chi connectivity index (χ2n) is 2.92. The molecule has 5 heteroatoms. The number of pyridine rings is 2. The van der Waals surface area contributed by atoms with Crippen LogP contribution in [0.5, 0.6) is 0 Å². The van der Waals surface area contributed by atoms with E-state index in [1.165, 1.54) is 18.5 Å². The van der Waals surface area contributed by atoms with E-state index in [0.29, 0.717) is 11.7 Å². The fourth-order valence-corrected chi connectivity index (χ4v) is 1.28. The summed E-state index contributed by atoms with van der Waals surface area (Å²) < 4.78 is 0. The van der Waals surface area contributed by atoms with Crippen molar-refractivity contribution in [3.05, 3.63) is 35.8 Å². The monoisotopic (exact) mass is 202 g/mol. The molecule has 0 saturated carbocycles. The number of hydrogen-bond acceptors (Lipinski definition) is 4. The second kappa shape index (κ2) is 3.45. The van der Waals surface area contributed by atoms with Crippen molar-refractivity contribution < 1.29 is 14.7 Å². The third-order valence-corrected chi connectivity index (χ3v) is 1.97. The standard InChI is InChI=1S/C10H6N2O3/c13-5-7-2-1-6-3-11-4-8(10(14)15)9(6)12-7/h1-5H,(H,14,15). The average Bonchev–Trinajstić information content (AvgIpc) is 2.27. The predicted molar refractivity (Wildman–Crippen MR) is 51.9 cm³/mol. The minimum atomic E-state index is -1.11. The summed E-state index contributed by atoms with van der Waals surface area (Å²) >= 11 is 0. The highest BCUT2D eigenvalue weighted by molar-refractivity contribution is 6.01. The maximum Gasteiger partial charge on any atom is 0.339 e. The Morgan fingerprint density at radius 2 is 2.13 bits per heavy atom. The third-order valence-electron chi connectivity index (χ3n) is 1.97. The van der Waals surface area contributed by atoms with Gasteiger partial charge < -0.3 is 5.11 Å². The molecule has 2 aromatic rings. The molecule has 0 spiro atoms. The number of aldehydes is 1. The van der Waals surface area contributed by atoms with Gasteiger partial charge in [0.2, 0.25) is 0 Å². The van der Waals surface area contributed by atoms with E-state index in [1.807, 2.05) is 0 Å². The van der Waals surface area contributed by atoms with Gasteiger partial charge in [0.25, 0.3) is 0 Å². The molecule has 2 rings (SSSR count). The summed E-state index contributed by atoms with van der Waals surface area (Å²) in [5, 5.41) is 9.48. The molecule has 0 unspecified atom stereocenters. The van der Waals surface area contributed by atoms with E-state index < -0.39 is 5.97 Å². The number of nitrogens with zero attached hydrogens (tertiary/aromatic N) is 2. The van der Waals surface area contributed by atoms with Crippen LogP contribution in [0.25, 0.3) is 10.9 Å². The van der Waals surface area contributed by atoms with E-state index >= 15 is 0 Å². The molecule has 0 amide bonds. The largest absolute Gasteiger partial charge is 0.478 e. The van der Waals surface area contributed by atoms with Gasteiger partial charge in [-0.1, -0.05) is 0 Å². The van der Waals surface area contributed by atoms with E-state index in [9.17, 15) is 9.59 Å². The first kappa shape index (κ1) is 9.26. The van der Waals surface area contributed by atoms with Gasteiger partial charge in [-0.3, -0.25) is 9.78 Å². The zero-order valence-electron chi connectivity index (χ0n) is 7.54. The van der Waals surface area contributed by atoms with Crippen molar-refractivity contribution in [2.75, 3.05) is 0 Å². The molecule has 0 atom stereocenters. The smallest absolute Gasteiger partial charge is 0.339 e. The first-order valence-corrected chi connectivity index (χ1v) is 4.15. The van der Waals surface area contributed by atoms with Crippen LogP contribution >= 0.6 is 0 Å². The van der Waals surface area contributed by atoms with Crippen LogP contribution in [0.1, 0.15) is 20.8 Å². The molecule has 0 radical (unpaired) electrons. The van der Waals surface area contributed by atoms with Crippen LogP contribution in [-0.2, 0) is 0 Å². The lowest BCUT2D eigenvalue weighted by molar-refractivity contribution is 0.0698. The Kier molecular flexibility index (Phi) is 2.13. The Hall–Kier alpha value is -2.30. The van der Waals surface area contributed by atoms with Gasteiger partial charge in [-0.25, -0.2) is 9.78 Å². The number of hydrogen-bond donors (Lipinski definition) is 1. The van der Waals surface area contributed by atoms with E-state index in [0.717, 1.165) is 0 Å². The van der Waals surface area contributed by atoms with Crippen molar-refractivity contribution in [3.8, 4) is 0 Å². The number of rotatable bonds is 2. The first-order valence-electron chi connectivity index (χ1n) is 4.15. The summed E-state index contributed by atoms with van der Waals surface area (Å²) in [6.07, 6.45) is 3.29. The molecule has 5 nitrogen and oxygen atoms in total. The molecule has 0 aromatic carbocycles. The number of aromatic nitrogens is 2. The molecule has 0 aliphatic heterocycles. The Labute approximate surface area is 84.4 Å². The lowest BCUT2D eigenvalue weighted by Gasteiger charge is -2.00. The normalized spacial score (nSPS) is 10.1. The minimum Gasteiger partial charge on any atom is -0.478 e. The number of aromatic carboxylic acids is 1. The highest BCUT2D eigenvalue weighted by atomic mass is 16.4. The van der Waals surface area contributed by atoms with Crippen LogP contribution in [0, 0.1) is 0 Å². The number of carbonyl (C=O) groups is 2. The quantitative estimate of drug-likeness (QED) is 0.738. The van der Waals surface area contributed by atoms with Crippen molar-refractivity contribution in [1.29, 1.82) is 0 Å². The molecule has 0 saturated heterocycles. The lowest BCUT2D eigenvalue weighted by atomic mass is 10.2. The van der Waals surface area contributed by atoms with Gasteiger partial charge in [0.15, 0.2) is 6.29 Å². The molecule has 0 bridgehead atoms. The van der Waals surface area contributed by atoms with Gasteiger partial charge in [0, 0.05) is 17.8 Å². The third kappa shape index (κ3) is 1.54. The first-order chi connectivity index (χ1) is 7.22. The Balaban J connectivity index is 2.81. The zero-order valence-corrected chi connectivity index (χ0v) is 7.54. The summed E-state index contributed by atoms with van der Waals surface area (Å²) in [5.74, 6) is -1.11. The summed E-state index contributed by atoms with van der Waals surface area (Å²) in [5.41, 5.74) is 0.481.